The maximum atomic E-state index is 12.5. The van der Waals surface area contributed by atoms with Crippen LogP contribution < -0.4 is 16.0 Å². The molecule has 1 aromatic heterocycles. The summed E-state index contributed by atoms with van der Waals surface area (Å²) >= 11 is 0. The largest absolute Gasteiger partial charge is 0.490 e. The van der Waals surface area contributed by atoms with Gasteiger partial charge in [-0.2, -0.15) is 26.3 Å². The number of para-hydroxylation sites is 1. The predicted octanol–water partition coefficient (Wildman–Crippen LogP) is 2.57. The number of hydrogen-bond donors (Lipinski definition) is 5. The van der Waals surface area contributed by atoms with E-state index in [4.69, 9.17) is 19.8 Å². The number of amides is 2. The van der Waals surface area contributed by atoms with E-state index in [1.807, 2.05) is 42.6 Å². The van der Waals surface area contributed by atoms with Crippen molar-refractivity contribution < 1.29 is 55.7 Å². The summed E-state index contributed by atoms with van der Waals surface area (Å²) < 4.78 is 63.5. The molecule has 0 spiro atoms. The van der Waals surface area contributed by atoms with Gasteiger partial charge in [0.05, 0.1) is 6.54 Å². The Labute approximate surface area is 265 Å². The van der Waals surface area contributed by atoms with Gasteiger partial charge in [-0.15, -0.1) is 0 Å². The topological polar surface area (TPSA) is 177 Å². The van der Waals surface area contributed by atoms with E-state index in [0.717, 1.165) is 31.7 Å². The van der Waals surface area contributed by atoms with Crippen molar-refractivity contribution in [3.63, 3.8) is 0 Å². The fourth-order valence-electron chi connectivity index (χ4n) is 3.55. The van der Waals surface area contributed by atoms with Crippen molar-refractivity contribution in [1.82, 2.24) is 25.4 Å². The molecule has 0 fully saturated rings. The fourth-order valence-corrected chi connectivity index (χ4v) is 3.55. The van der Waals surface area contributed by atoms with E-state index in [1.165, 1.54) is 10.5 Å². The smallest absolute Gasteiger partial charge is 0.475 e. The summed E-state index contributed by atoms with van der Waals surface area (Å²) in [5.41, 5.74) is 2.04. The Bertz CT molecular complexity index is 1290. The lowest BCUT2D eigenvalue weighted by Gasteiger charge is -2.29. The van der Waals surface area contributed by atoms with Crippen LogP contribution in [0.4, 0.5) is 32.0 Å². The SMILES string of the molecule is CN(CCCNCCC(=O)N(C)C1CN=C(Nc2ccccc2)NC1=O)Cc1cccnc1.O=C(O)C(F)(F)F.O=C(O)C(F)(F)F. The van der Waals surface area contributed by atoms with Gasteiger partial charge in [-0.3, -0.25) is 19.9 Å². The number of aromatic nitrogens is 1. The van der Waals surface area contributed by atoms with Gasteiger partial charge in [0.1, 0.15) is 6.04 Å². The molecule has 3 rings (SSSR count). The van der Waals surface area contributed by atoms with E-state index < -0.39 is 30.3 Å². The number of carbonyl (C=O) groups is 4. The monoisotopic (exact) mass is 679 g/mol. The zero-order chi connectivity index (χ0) is 35.6. The minimum atomic E-state index is -5.08. The maximum Gasteiger partial charge on any atom is 0.490 e. The average molecular weight is 680 g/mol. The van der Waals surface area contributed by atoms with E-state index in [2.05, 4.69) is 43.9 Å². The number of benzene rings is 1. The molecule has 2 amide bonds. The molecule has 1 aromatic carbocycles. The van der Waals surface area contributed by atoms with Crippen LogP contribution >= 0.6 is 0 Å². The zero-order valence-corrected chi connectivity index (χ0v) is 25.3. The number of aliphatic carboxylic acids is 2. The highest BCUT2D eigenvalue weighted by molar-refractivity contribution is 6.08. The molecule has 5 N–H and O–H groups in total. The van der Waals surface area contributed by atoms with Crippen LogP contribution in [0.5, 0.6) is 0 Å². The molecule has 0 saturated heterocycles. The van der Waals surface area contributed by atoms with Gasteiger partial charge in [-0.1, -0.05) is 24.3 Å². The summed E-state index contributed by atoms with van der Waals surface area (Å²) in [4.78, 5) is 55.1. The van der Waals surface area contributed by atoms with Gasteiger partial charge in [0.2, 0.25) is 11.9 Å². The van der Waals surface area contributed by atoms with Crippen molar-refractivity contribution in [2.75, 3.05) is 45.6 Å². The van der Waals surface area contributed by atoms with Crippen LogP contribution in [0, 0.1) is 0 Å². The second-order valence-electron chi connectivity index (χ2n) is 9.75. The molecule has 0 aliphatic carbocycles. The van der Waals surface area contributed by atoms with Crippen LogP contribution in [0.25, 0.3) is 0 Å². The fraction of sp³-hybridized carbons (Fsp3) is 0.429. The summed E-state index contributed by atoms with van der Waals surface area (Å²) in [6.45, 7) is 3.46. The van der Waals surface area contributed by atoms with Crippen molar-refractivity contribution >= 4 is 35.4 Å². The number of guanidine groups is 1. The number of rotatable bonds is 11. The first-order valence-corrected chi connectivity index (χ1v) is 13.7. The predicted molar refractivity (Wildman–Crippen MR) is 157 cm³/mol. The van der Waals surface area contributed by atoms with E-state index in [1.54, 1.807) is 13.2 Å². The number of carboxylic acid groups (broad SMARTS) is 2. The van der Waals surface area contributed by atoms with Crippen LogP contribution in [0.2, 0.25) is 0 Å². The van der Waals surface area contributed by atoms with Gasteiger partial charge in [0.15, 0.2) is 0 Å². The molecule has 0 saturated carbocycles. The third-order valence-electron chi connectivity index (χ3n) is 5.93. The highest BCUT2D eigenvalue weighted by atomic mass is 19.4. The molecule has 1 aliphatic rings. The second kappa shape index (κ2) is 19.7. The van der Waals surface area contributed by atoms with Crippen molar-refractivity contribution in [1.29, 1.82) is 0 Å². The molecule has 1 aliphatic heterocycles. The lowest BCUT2D eigenvalue weighted by atomic mass is 10.2. The molecule has 1 atom stereocenters. The van der Waals surface area contributed by atoms with Gasteiger partial charge >= 0.3 is 24.3 Å². The molecular weight excluding hydrogens is 644 g/mol. The molecule has 47 heavy (non-hydrogen) atoms. The number of carbonyl (C=O) groups excluding carboxylic acids is 2. The standard InChI is InChI=1S/C24H33N7O2.2C2HF3O2/c1-30(18-19-8-6-12-26-16-19)15-7-13-25-14-11-22(32)31(2)21-17-27-24(29-23(21)33)28-20-9-4-3-5-10-20;2*3-2(4,5)1(6)7/h3-6,8-10,12,16,21,25H,7,11,13-15,17-18H2,1-2H3,(H2,27,28,29,33);2*(H,6,7). The Balaban J connectivity index is 0.000000658. The lowest BCUT2D eigenvalue weighted by Crippen LogP contribution is -2.55. The molecule has 0 radical (unpaired) electrons. The number of aliphatic imine (C=N–C) groups is 1. The van der Waals surface area contributed by atoms with Crippen molar-refractivity contribution in [3.8, 4) is 0 Å². The number of anilines is 1. The average Bonchev–Trinajstić information content (AvgIpc) is 2.99. The van der Waals surface area contributed by atoms with Crippen molar-refractivity contribution in [2.45, 2.75) is 37.8 Å². The highest BCUT2D eigenvalue weighted by Gasteiger charge is 2.39. The van der Waals surface area contributed by atoms with E-state index in [9.17, 15) is 35.9 Å². The molecule has 2 aromatic rings. The van der Waals surface area contributed by atoms with Crippen molar-refractivity contribution in [3.05, 3.63) is 60.4 Å². The minimum Gasteiger partial charge on any atom is -0.475 e. The van der Waals surface area contributed by atoms with Crippen molar-refractivity contribution in [2.24, 2.45) is 4.99 Å². The highest BCUT2D eigenvalue weighted by Crippen LogP contribution is 2.14. The summed E-state index contributed by atoms with van der Waals surface area (Å²) in [6, 6.07) is 12.9. The first-order valence-electron chi connectivity index (χ1n) is 13.7. The number of hydrogen-bond acceptors (Lipinski definition) is 9. The Hall–Kier alpha value is -4.78. The van der Waals surface area contributed by atoms with Crippen LogP contribution in [0.15, 0.2) is 59.9 Å². The summed E-state index contributed by atoms with van der Waals surface area (Å²) in [6.07, 6.45) is -5.18. The van der Waals surface area contributed by atoms with Gasteiger partial charge < -0.3 is 30.6 Å². The number of nitrogens with zero attached hydrogens (tertiary/aromatic N) is 4. The van der Waals surface area contributed by atoms with E-state index >= 15 is 0 Å². The van der Waals surface area contributed by atoms with Crippen LogP contribution in [0.1, 0.15) is 18.4 Å². The first-order chi connectivity index (χ1) is 21.9. The molecule has 1 unspecified atom stereocenters. The number of likely N-dealkylation sites (N-methyl/N-ethyl adjacent to an activating group) is 1. The third-order valence-corrected chi connectivity index (χ3v) is 5.93. The summed E-state index contributed by atoms with van der Waals surface area (Å²) in [5.74, 6) is -5.42. The maximum absolute atomic E-state index is 12.5. The third kappa shape index (κ3) is 16.9. The minimum absolute atomic E-state index is 0.0778. The lowest BCUT2D eigenvalue weighted by molar-refractivity contribution is -0.193. The number of nitrogens with one attached hydrogen (secondary N) is 3. The molecular formula is C28H35F6N7O6. The zero-order valence-electron chi connectivity index (χ0n) is 25.3. The first kappa shape index (κ1) is 40.2. The van der Waals surface area contributed by atoms with E-state index in [-0.39, 0.29) is 18.4 Å². The number of pyridine rings is 1. The Morgan fingerprint density at radius 3 is 2.06 bits per heavy atom. The van der Waals surface area contributed by atoms with Crippen LogP contribution in [-0.4, -0.2) is 113 Å². The van der Waals surface area contributed by atoms with Crippen LogP contribution in [0.3, 0.4) is 0 Å². The Morgan fingerprint density at radius 2 is 1.55 bits per heavy atom. The van der Waals surface area contributed by atoms with Gasteiger partial charge in [-0.25, -0.2) is 14.6 Å². The number of halogens is 6. The summed E-state index contributed by atoms with van der Waals surface area (Å²) in [7, 11) is 3.75. The molecule has 0 bridgehead atoms. The van der Waals surface area contributed by atoms with Gasteiger partial charge in [0, 0.05) is 44.6 Å². The normalized spacial score (nSPS) is 14.4. The van der Waals surface area contributed by atoms with E-state index in [0.29, 0.717) is 18.9 Å². The van der Waals surface area contributed by atoms with Crippen LogP contribution in [-0.2, 0) is 25.7 Å². The molecule has 19 heteroatoms. The number of carboxylic acids is 2. The van der Waals surface area contributed by atoms with Gasteiger partial charge in [-0.05, 0) is 50.3 Å². The quantitative estimate of drug-likeness (QED) is 0.175. The Morgan fingerprint density at radius 1 is 0.957 bits per heavy atom. The van der Waals surface area contributed by atoms with Gasteiger partial charge in [0.25, 0.3) is 5.91 Å². The Kier molecular flexibility index (Phi) is 16.8. The number of alkyl halides is 6. The molecule has 260 valence electrons. The second-order valence-corrected chi connectivity index (χ2v) is 9.75. The summed E-state index contributed by atoms with van der Waals surface area (Å²) in [5, 5.41) is 23.4. The molecule has 2 heterocycles. The molecule has 13 nitrogen and oxygen atoms in total.